The van der Waals surface area contributed by atoms with Crippen LogP contribution in [-0.2, 0) is 14.6 Å². The van der Waals surface area contributed by atoms with Crippen molar-refractivity contribution in [3.63, 3.8) is 0 Å². The summed E-state index contributed by atoms with van der Waals surface area (Å²) >= 11 is 0. The van der Waals surface area contributed by atoms with Crippen molar-refractivity contribution in [2.45, 2.75) is 38.6 Å². The smallest absolute Gasteiger partial charge is 0.147 e. The fourth-order valence-corrected chi connectivity index (χ4v) is 2.07. The lowest BCUT2D eigenvalue weighted by Crippen LogP contribution is -2.36. The van der Waals surface area contributed by atoms with Crippen molar-refractivity contribution in [1.29, 1.82) is 0 Å². The Balaban J connectivity index is 3.59. The molecular formula is C10H24N2O3S. The Morgan fingerprint density at radius 1 is 1.31 bits per heavy atom. The number of sulfone groups is 1. The minimum absolute atomic E-state index is 0.138. The van der Waals surface area contributed by atoms with E-state index in [0.717, 1.165) is 25.9 Å². The van der Waals surface area contributed by atoms with E-state index in [2.05, 4.69) is 12.3 Å². The lowest BCUT2D eigenvalue weighted by Gasteiger charge is -2.15. The van der Waals surface area contributed by atoms with E-state index in [9.17, 15) is 8.42 Å². The average molecular weight is 252 g/mol. The second kappa shape index (κ2) is 8.92. The highest BCUT2D eigenvalue weighted by molar-refractivity contribution is 7.90. The highest BCUT2D eigenvalue weighted by atomic mass is 32.2. The molecule has 16 heavy (non-hydrogen) atoms. The zero-order chi connectivity index (χ0) is 12.4. The van der Waals surface area contributed by atoms with Gasteiger partial charge in [-0.3, -0.25) is 11.3 Å². The van der Waals surface area contributed by atoms with Gasteiger partial charge in [-0.2, -0.15) is 0 Å². The zero-order valence-corrected chi connectivity index (χ0v) is 11.1. The number of nitrogens with one attached hydrogen (secondary N) is 1. The van der Waals surface area contributed by atoms with Gasteiger partial charge in [0.05, 0.1) is 0 Å². The van der Waals surface area contributed by atoms with Crippen LogP contribution in [-0.4, -0.2) is 39.7 Å². The second-order valence-electron chi connectivity index (χ2n) is 4.04. The first kappa shape index (κ1) is 15.8. The molecular weight excluding hydrogens is 228 g/mol. The summed E-state index contributed by atoms with van der Waals surface area (Å²) in [4.78, 5) is 0. The van der Waals surface area contributed by atoms with Gasteiger partial charge in [0, 0.05) is 31.3 Å². The molecule has 0 bridgehead atoms. The molecule has 0 amide bonds. The van der Waals surface area contributed by atoms with Crippen LogP contribution >= 0.6 is 0 Å². The van der Waals surface area contributed by atoms with E-state index in [0.29, 0.717) is 13.0 Å². The Labute approximate surface area is 98.6 Å². The van der Waals surface area contributed by atoms with Gasteiger partial charge in [-0.25, -0.2) is 8.42 Å². The largest absolute Gasteiger partial charge is 0.381 e. The van der Waals surface area contributed by atoms with E-state index in [4.69, 9.17) is 10.6 Å². The molecule has 6 heteroatoms. The van der Waals surface area contributed by atoms with Gasteiger partial charge in [0.15, 0.2) is 0 Å². The van der Waals surface area contributed by atoms with Crippen molar-refractivity contribution in [2.75, 3.05) is 25.2 Å². The zero-order valence-electron chi connectivity index (χ0n) is 10.2. The van der Waals surface area contributed by atoms with Crippen molar-refractivity contribution in [3.05, 3.63) is 0 Å². The minimum Gasteiger partial charge on any atom is -0.381 e. The molecule has 0 aliphatic heterocycles. The predicted molar refractivity (Wildman–Crippen MR) is 65.8 cm³/mol. The van der Waals surface area contributed by atoms with Gasteiger partial charge < -0.3 is 4.74 Å². The molecule has 0 saturated heterocycles. The third-order valence-corrected chi connectivity index (χ3v) is 3.29. The molecule has 0 rings (SSSR count). The van der Waals surface area contributed by atoms with Gasteiger partial charge in [0.25, 0.3) is 0 Å². The summed E-state index contributed by atoms with van der Waals surface area (Å²) in [6, 6.07) is 0.138. The Morgan fingerprint density at radius 3 is 2.50 bits per heavy atom. The Morgan fingerprint density at radius 2 is 2.00 bits per heavy atom. The summed E-state index contributed by atoms with van der Waals surface area (Å²) in [6.07, 6.45) is 4.48. The van der Waals surface area contributed by atoms with Crippen LogP contribution in [0.5, 0.6) is 0 Å². The molecule has 0 aromatic heterocycles. The monoisotopic (exact) mass is 252 g/mol. The molecule has 0 aromatic rings. The SMILES string of the molecule is CCCOCCC(CCCS(C)(=O)=O)NN. The topological polar surface area (TPSA) is 81.4 Å². The number of ether oxygens (including phenoxy) is 1. The van der Waals surface area contributed by atoms with Crippen LogP contribution in [0, 0.1) is 0 Å². The Kier molecular flexibility index (Phi) is 8.83. The van der Waals surface area contributed by atoms with Crippen LogP contribution in [0.2, 0.25) is 0 Å². The van der Waals surface area contributed by atoms with Crippen molar-refractivity contribution in [2.24, 2.45) is 5.84 Å². The maximum absolute atomic E-state index is 10.9. The molecule has 0 aliphatic carbocycles. The summed E-state index contributed by atoms with van der Waals surface area (Å²) in [6.45, 7) is 3.49. The number of hydrogen-bond donors (Lipinski definition) is 2. The molecule has 0 aromatic carbocycles. The van der Waals surface area contributed by atoms with Crippen LogP contribution in [0.4, 0.5) is 0 Å². The molecule has 1 atom stereocenters. The minimum atomic E-state index is -2.86. The van der Waals surface area contributed by atoms with Crippen molar-refractivity contribution >= 4 is 9.84 Å². The van der Waals surface area contributed by atoms with Crippen molar-refractivity contribution in [1.82, 2.24) is 5.43 Å². The van der Waals surface area contributed by atoms with Crippen molar-refractivity contribution < 1.29 is 13.2 Å². The summed E-state index contributed by atoms with van der Waals surface area (Å²) in [5, 5.41) is 0. The van der Waals surface area contributed by atoms with E-state index in [1.165, 1.54) is 6.26 Å². The fourth-order valence-electron chi connectivity index (χ4n) is 1.37. The van der Waals surface area contributed by atoms with E-state index < -0.39 is 9.84 Å². The quantitative estimate of drug-likeness (QED) is 0.335. The third kappa shape index (κ3) is 10.4. The standard InChI is InChI=1S/C10H24N2O3S/c1-3-7-15-8-6-10(12-11)5-4-9-16(2,13)14/h10,12H,3-9,11H2,1-2H3. The first-order valence-electron chi connectivity index (χ1n) is 5.71. The summed E-state index contributed by atoms with van der Waals surface area (Å²) in [7, 11) is -2.86. The number of hydrazine groups is 1. The van der Waals surface area contributed by atoms with Crippen LogP contribution in [0.15, 0.2) is 0 Å². The normalized spacial score (nSPS) is 13.9. The van der Waals surface area contributed by atoms with Gasteiger partial charge >= 0.3 is 0 Å². The number of hydrogen-bond acceptors (Lipinski definition) is 5. The molecule has 98 valence electrons. The molecule has 0 spiro atoms. The lowest BCUT2D eigenvalue weighted by molar-refractivity contribution is 0.123. The molecule has 0 aliphatic rings. The number of nitrogens with two attached hydrogens (primary N) is 1. The van der Waals surface area contributed by atoms with Crippen LogP contribution in [0.25, 0.3) is 0 Å². The molecule has 1 unspecified atom stereocenters. The van der Waals surface area contributed by atoms with Crippen LogP contribution < -0.4 is 11.3 Å². The van der Waals surface area contributed by atoms with E-state index in [1.54, 1.807) is 0 Å². The van der Waals surface area contributed by atoms with Gasteiger partial charge in [-0.1, -0.05) is 6.92 Å². The average Bonchev–Trinajstić information content (AvgIpc) is 2.20. The molecule has 0 radical (unpaired) electrons. The summed E-state index contributed by atoms with van der Waals surface area (Å²) in [5.74, 6) is 5.61. The Hall–Kier alpha value is -0.170. The predicted octanol–water partition coefficient (Wildman–Crippen LogP) is 0.460. The maximum Gasteiger partial charge on any atom is 0.147 e. The molecule has 0 fully saturated rings. The molecule has 5 nitrogen and oxygen atoms in total. The fraction of sp³-hybridized carbons (Fsp3) is 1.00. The molecule has 0 saturated carbocycles. The highest BCUT2D eigenvalue weighted by Crippen LogP contribution is 2.03. The highest BCUT2D eigenvalue weighted by Gasteiger charge is 2.08. The van der Waals surface area contributed by atoms with Crippen molar-refractivity contribution in [3.8, 4) is 0 Å². The summed E-state index contributed by atoms with van der Waals surface area (Å²) < 4.78 is 27.2. The molecule has 3 N–H and O–H groups in total. The summed E-state index contributed by atoms with van der Waals surface area (Å²) in [5.41, 5.74) is 2.69. The number of rotatable bonds is 10. The van der Waals surface area contributed by atoms with Gasteiger partial charge in [0.2, 0.25) is 0 Å². The van der Waals surface area contributed by atoms with E-state index >= 15 is 0 Å². The van der Waals surface area contributed by atoms with Gasteiger partial charge in [-0.15, -0.1) is 0 Å². The van der Waals surface area contributed by atoms with Crippen LogP contribution in [0.3, 0.4) is 0 Å². The van der Waals surface area contributed by atoms with Crippen LogP contribution in [0.1, 0.15) is 32.6 Å². The van der Waals surface area contributed by atoms with Gasteiger partial charge in [-0.05, 0) is 25.7 Å². The van der Waals surface area contributed by atoms with E-state index in [1.807, 2.05) is 0 Å². The van der Waals surface area contributed by atoms with Gasteiger partial charge in [0.1, 0.15) is 9.84 Å². The first-order chi connectivity index (χ1) is 7.49. The first-order valence-corrected chi connectivity index (χ1v) is 7.77. The second-order valence-corrected chi connectivity index (χ2v) is 6.30. The lowest BCUT2D eigenvalue weighted by atomic mass is 10.1. The maximum atomic E-state index is 10.9. The third-order valence-electron chi connectivity index (χ3n) is 2.26. The Bertz CT molecular complexity index is 255. The molecule has 0 heterocycles. The van der Waals surface area contributed by atoms with E-state index in [-0.39, 0.29) is 11.8 Å².